The summed E-state index contributed by atoms with van der Waals surface area (Å²) in [6.07, 6.45) is 5.85. The van der Waals surface area contributed by atoms with E-state index in [9.17, 15) is 4.79 Å². The molecule has 0 unspecified atom stereocenters. The number of aromatic amines is 1. The molecule has 0 radical (unpaired) electrons. The molecule has 0 bridgehead atoms. The number of hydrogen-bond acceptors (Lipinski definition) is 5. The lowest BCUT2D eigenvalue weighted by atomic mass is 10.00. The van der Waals surface area contributed by atoms with Crippen LogP contribution in [0.2, 0.25) is 0 Å². The van der Waals surface area contributed by atoms with Crippen molar-refractivity contribution in [3.05, 3.63) is 48.3 Å². The average Bonchev–Trinajstić information content (AvgIpc) is 3.33. The van der Waals surface area contributed by atoms with E-state index in [4.69, 9.17) is 4.74 Å². The summed E-state index contributed by atoms with van der Waals surface area (Å²) in [6.45, 7) is 5.32. The minimum atomic E-state index is 0.125. The van der Waals surface area contributed by atoms with Gasteiger partial charge in [0.25, 0.3) is 5.91 Å². The van der Waals surface area contributed by atoms with Crippen LogP contribution in [0.1, 0.15) is 23.2 Å². The predicted molar refractivity (Wildman–Crippen MR) is 122 cm³/mol. The second-order valence-corrected chi connectivity index (χ2v) is 8.29. The topological polar surface area (TPSA) is 73.5 Å². The van der Waals surface area contributed by atoms with Gasteiger partial charge in [0.05, 0.1) is 18.9 Å². The Labute approximate surface area is 182 Å². The molecular formula is C24H29N5O2. The normalized spacial score (nSPS) is 18.4. The van der Waals surface area contributed by atoms with Gasteiger partial charge in [0.1, 0.15) is 5.65 Å². The van der Waals surface area contributed by atoms with Crippen LogP contribution in [0.3, 0.4) is 0 Å². The van der Waals surface area contributed by atoms with E-state index in [2.05, 4.69) is 20.2 Å². The highest BCUT2D eigenvalue weighted by Crippen LogP contribution is 2.33. The summed E-state index contributed by atoms with van der Waals surface area (Å²) < 4.78 is 5.47. The molecule has 4 heterocycles. The summed E-state index contributed by atoms with van der Waals surface area (Å²) >= 11 is 0. The SMILES string of the molecule is CNc1c(-c2ccc(C(=O)N3CCC(N4CCOCC4)CC3)cc2)cnc2[nH]ccc12. The van der Waals surface area contributed by atoms with E-state index >= 15 is 0 Å². The van der Waals surface area contributed by atoms with Crippen LogP contribution in [0.4, 0.5) is 5.69 Å². The monoisotopic (exact) mass is 419 g/mol. The first-order chi connectivity index (χ1) is 15.2. The molecule has 3 aromatic rings. The number of ether oxygens (including phenoxy) is 1. The standard InChI is InChI=1S/C24H29N5O2/c1-25-22-20-6-9-26-23(20)27-16-21(22)17-2-4-18(5-3-17)24(30)29-10-7-19(8-11-29)28-12-14-31-15-13-28/h2-6,9,16,19H,7-8,10-15H2,1H3,(H2,25,26,27). The van der Waals surface area contributed by atoms with Gasteiger partial charge in [0.2, 0.25) is 0 Å². The first kappa shape index (κ1) is 20.0. The summed E-state index contributed by atoms with van der Waals surface area (Å²) in [5, 5.41) is 4.35. The molecule has 162 valence electrons. The number of amides is 1. The van der Waals surface area contributed by atoms with Crippen molar-refractivity contribution in [3.8, 4) is 11.1 Å². The average molecular weight is 420 g/mol. The number of carbonyl (C=O) groups is 1. The Bertz CT molecular complexity index is 1050. The lowest BCUT2D eigenvalue weighted by molar-refractivity contribution is 0.00159. The number of fused-ring (bicyclic) bond motifs is 1. The summed E-state index contributed by atoms with van der Waals surface area (Å²) in [5.74, 6) is 0.125. The smallest absolute Gasteiger partial charge is 0.253 e. The molecule has 7 heteroatoms. The van der Waals surface area contributed by atoms with E-state index < -0.39 is 0 Å². The molecule has 7 nitrogen and oxygen atoms in total. The molecule has 2 N–H and O–H groups in total. The quantitative estimate of drug-likeness (QED) is 0.679. The van der Waals surface area contributed by atoms with Crippen molar-refractivity contribution in [2.24, 2.45) is 0 Å². The molecule has 2 aliphatic heterocycles. The van der Waals surface area contributed by atoms with E-state index in [1.807, 2.05) is 54.7 Å². The van der Waals surface area contributed by atoms with Crippen LogP contribution in [0.5, 0.6) is 0 Å². The zero-order valence-corrected chi connectivity index (χ0v) is 17.9. The molecule has 2 aliphatic rings. The number of likely N-dealkylation sites (tertiary alicyclic amines) is 1. The number of pyridine rings is 1. The van der Waals surface area contributed by atoms with E-state index in [1.165, 1.54) is 0 Å². The molecule has 0 atom stereocenters. The molecule has 2 fully saturated rings. The largest absolute Gasteiger partial charge is 0.387 e. The second kappa shape index (κ2) is 8.69. The third-order valence-corrected chi connectivity index (χ3v) is 6.59. The van der Waals surface area contributed by atoms with Gasteiger partial charge in [-0.2, -0.15) is 0 Å². The summed E-state index contributed by atoms with van der Waals surface area (Å²) in [4.78, 5) is 25.2. The van der Waals surface area contributed by atoms with E-state index in [1.54, 1.807) is 0 Å². The zero-order valence-electron chi connectivity index (χ0n) is 17.9. The molecule has 0 saturated carbocycles. The fourth-order valence-corrected chi connectivity index (χ4v) is 4.85. The van der Waals surface area contributed by atoms with Crippen LogP contribution in [0, 0.1) is 0 Å². The minimum Gasteiger partial charge on any atom is -0.387 e. The first-order valence-corrected chi connectivity index (χ1v) is 11.1. The van der Waals surface area contributed by atoms with Gasteiger partial charge in [-0.1, -0.05) is 12.1 Å². The van der Waals surface area contributed by atoms with Crippen molar-refractivity contribution in [1.29, 1.82) is 0 Å². The fraction of sp³-hybridized carbons (Fsp3) is 0.417. The molecule has 2 aromatic heterocycles. The number of rotatable bonds is 4. The van der Waals surface area contributed by atoms with Gasteiger partial charge in [0.15, 0.2) is 0 Å². The minimum absolute atomic E-state index is 0.125. The number of H-pyrrole nitrogens is 1. The highest BCUT2D eigenvalue weighted by molar-refractivity contribution is 5.99. The maximum absolute atomic E-state index is 13.1. The van der Waals surface area contributed by atoms with Crippen molar-refractivity contribution in [2.45, 2.75) is 18.9 Å². The predicted octanol–water partition coefficient (Wildman–Crippen LogP) is 3.21. The number of piperidine rings is 1. The molecular weight excluding hydrogens is 390 g/mol. The van der Waals surface area contributed by atoms with E-state index in [0.717, 1.165) is 85.6 Å². The second-order valence-electron chi connectivity index (χ2n) is 8.29. The number of aromatic nitrogens is 2. The Morgan fingerprint density at radius 2 is 1.84 bits per heavy atom. The van der Waals surface area contributed by atoms with Crippen LogP contribution < -0.4 is 5.32 Å². The van der Waals surface area contributed by atoms with Crippen LogP contribution in [-0.4, -0.2) is 78.2 Å². The lowest BCUT2D eigenvalue weighted by Crippen LogP contribution is -2.50. The summed E-state index contributed by atoms with van der Waals surface area (Å²) in [5.41, 5.74) is 4.72. The van der Waals surface area contributed by atoms with Gasteiger partial charge in [-0.3, -0.25) is 9.69 Å². The maximum Gasteiger partial charge on any atom is 0.253 e. The summed E-state index contributed by atoms with van der Waals surface area (Å²) in [7, 11) is 1.92. The Hall–Kier alpha value is -2.90. The number of nitrogens with one attached hydrogen (secondary N) is 2. The van der Waals surface area contributed by atoms with E-state index in [-0.39, 0.29) is 5.91 Å². The number of morpholine rings is 1. The Morgan fingerprint density at radius 3 is 2.55 bits per heavy atom. The van der Waals surface area contributed by atoms with Gasteiger partial charge >= 0.3 is 0 Å². The van der Waals surface area contributed by atoms with Crippen molar-refractivity contribution >= 4 is 22.6 Å². The van der Waals surface area contributed by atoms with Crippen LogP contribution in [0.25, 0.3) is 22.2 Å². The molecule has 0 aliphatic carbocycles. The van der Waals surface area contributed by atoms with Crippen molar-refractivity contribution < 1.29 is 9.53 Å². The lowest BCUT2D eigenvalue weighted by Gasteiger charge is -2.40. The molecule has 5 rings (SSSR count). The first-order valence-electron chi connectivity index (χ1n) is 11.1. The van der Waals surface area contributed by atoms with Gasteiger partial charge in [-0.15, -0.1) is 0 Å². The number of hydrogen-bond donors (Lipinski definition) is 2. The third kappa shape index (κ3) is 3.91. The Balaban J connectivity index is 1.28. The number of carbonyl (C=O) groups excluding carboxylic acids is 1. The molecule has 1 aromatic carbocycles. The van der Waals surface area contributed by atoms with Crippen LogP contribution in [-0.2, 0) is 4.74 Å². The number of nitrogens with zero attached hydrogens (tertiary/aromatic N) is 3. The zero-order chi connectivity index (χ0) is 21.2. The Kier molecular flexibility index (Phi) is 5.61. The highest BCUT2D eigenvalue weighted by atomic mass is 16.5. The summed E-state index contributed by atoms with van der Waals surface area (Å²) in [6, 6.07) is 10.5. The Morgan fingerprint density at radius 1 is 1.10 bits per heavy atom. The van der Waals surface area contributed by atoms with Crippen LogP contribution in [0.15, 0.2) is 42.7 Å². The molecule has 2 saturated heterocycles. The van der Waals surface area contributed by atoms with Crippen molar-refractivity contribution in [1.82, 2.24) is 19.8 Å². The third-order valence-electron chi connectivity index (χ3n) is 6.59. The van der Waals surface area contributed by atoms with Gasteiger partial charge in [-0.25, -0.2) is 4.98 Å². The number of anilines is 1. The highest BCUT2D eigenvalue weighted by Gasteiger charge is 2.28. The molecule has 31 heavy (non-hydrogen) atoms. The molecule has 0 spiro atoms. The van der Waals surface area contributed by atoms with E-state index in [0.29, 0.717) is 6.04 Å². The molecule has 1 amide bonds. The number of benzene rings is 1. The van der Waals surface area contributed by atoms with Gasteiger partial charge < -0.3 is 19.9 Å². The maximum atomic E-state index is 13.1. The van der Waals surface area contributed by atoms with Gasteiger partial charge in [-0.05, 0) is 36.6 Å². The fourth-order valence-electron chi connectivity index (χ4n) is 4.85. The van der Waals surface area contributed by atoms with Crippen molar-refractivity contribution in [3.63, 3.8) is 0 Å². The van der Waals surface area contributed by atoms with Gasteiger partial charge in [0, 0.05) is 68.2 Å². The van der Waals surface area contributed by atoms with Crippen LogP contribution >= 0.6 is 0 Å². The van der Waals surface area contributed by atoms with Crippen molar-refractivity contribution in [2.75, 3.05) is 51.8 Å².